The van der Waals surface area contributed by atoms with Crippen LogP contribution in [-0.4, -0.2) is 32.1 Å². The Morgan fingerprint density at radius 2 is 2.04 bits per heavy atom. The Bertz CT molecular complexity index is 805. The van der Waals surface area contributed by atoms with Gasteiger partial charge in [-0.3, -0.25) is 4.79 Å². The Labute approximate surface area is 145 Å². The minimum atomic E-state index is -0.247. The predicted molar refractivity (Wildman–Crippen MR) is 94.4 cm³/mol. The van der Waals surface area contributed by atoms with E-state index in [1.54, 1.807) is 7.11 Å². The average molecular weight is 341 g/mol. The molecule has 1 aliphatic heterocycles. The number of nitrogens with one attached hydrogen (secondary N) is 2. The SMILES string of the molecule is COc1cccc(NCC(=O)N/N=C(/C)c2ccc3c(c2)OCO3)c1. The Balaban J connectivity index is 1.54. The Morgan fingerprint density at radius 3 is 2.88 bits per heavy atom. The molecule has 0 aliphatic carbocycles. The number of nitrogens with zero attached hydrogens (tertiary/aromatic N) is 1. The van der Waals surface area contributed by atoms with E-state index < -0.39 is 0 Å². The standard InChI is InChI=1S/C18H19N3O4/c1-12(13-6-7-16-17(8-13)25-11-24-16)20-21-18(22)10-19-14-4-3-5-15(9-14)23-2/h3-9,19H,10-11H2,1-2H3,(H,21,22)/b20-12-. The number of hydrazone groups is 1. The minimum Gasteiger partial charge on any atom is -0.497 e. The van der Waals surface area contributed by atoms with Gasteiger partial charge in [0.1, 0.15) is 5.75 Å². The van der Waals surface area contributed by atoms with Gasteiger partial charge in [-0.25, -0.2) is 5.43 Å². The zero-order valence-corrected chi connectivity index (χ0v) is 14.0. The maximum absolute atomic E-state index is 11.9. The highest BCUT2D eigenvalue weighted by Crippen LogP contribution is 2.32. The summed E-state index contributed by atoms with van der Waals surface area (Å²) in [4.78, 5) is 11.9. The Morgan fingerprint density at radius 1 is 1.20 bits per heavy atom. The second-order valence-electron chi connectivity index (χ2n) is 5.39. The fraction of sp³-hybridized carbons (Fsp3) is 0.222. The lowest BCUT2D eigenvalue weighted by Crippen LogP contribution is -2.26. The third-order valence-electron chi connectivity index (χ3n) is 3.66. The molecule has 2 aromatic carbocycles. The molecule has 0 radical (unpaired) electrons. The number of hydrogen-bond donors (Lipinski definition) is 2. The van der Waals surface area contributed by atoms with E-state index >= 15 is 0 Å². The molecule has 1 heterocycles. The van der Waals surface area contributed by atoms with Crippen molar-refractivity contribution in [3.05, 3.63) is 48.0 Å². The Kier molecular flexibility index (Phi) is 5.03. The first-order chi connectivity index (χ1) is 12.2. The zero-order valence-electron chi connectivity index (χ0n) is 14.0. The second kappa shape index (κ2) is 7.57. The van der Waals surface area contributed by atoms with E-state index in [9.17, 15) is 4.79 Å². The van der Waals surface area contributed by atoms with Gasteiger partial charge in [0.15, 0.2) is 11.5 Å². The van der Waals surface area contributed by atoms with Crippen LogP contribution in [0.3, 0.4) is 0 Å². The molecule has 0 saturated heterocycles. The van der Waals surface area contributed by atoms with Crippen molar-refractivity contribution < 1.29 is 19.0 Å². The molecule has 0 saturated carbocycles. The quantitative estimate of drug-likeness (QED) is 0.623. The van der Waals surface area contributed by atoms with Gasteiger partial charge in [-0.15, -0.1) is 0 Å². The topological polar surface area (TPSA) is 81.2 Å². The molecule has 3 rings (SSSR count). The number of fused-ring (bicyclic) bond motifs is 1. The normalized spacial score (nSPS) is 12.6. The molecular weight excluding hydrogens is 322 g/mol. The number of hydrogen-bond acceptors (Lipinski definition) is 6. The van der Waals surface area contributed by atoms with Crippen LogP contribution in [0.4, 0.5) is 5.69 Å². The van der Waals surface area contributed by atoms with Crippen LogP contribution in [-0.2, 0) is 4.79 Å². The van der Waals surface area contributed by atoms with Gasteiger partial charge in [0.05, 0.1) is 19.4 Å². The van der Waals surface area contributed by atoms with Gasteiger partial charge < -0.3 is 19.5 Å². The van der Waals surface area contributed by atoms with Crippen molar-refractivity contribution in [2.24, 2.45) is 5.10 Å². The summed E-state index contributed by atoms with van der Waals surface area (Å²) in [6, 6.07) is 12.9. The van der Waals surface area contributed by atoms with Gasteiger partial charge in [-0.2, -0.15) is 5.10 Å². The van der Waals surface area contributed by atoms with E-state index in [2.05, 4.69) is 15.8 Å². The Hall–Kier alpha value is -3.22. The lowest BCUT2D eigenvalue weighted by molar-refractivity contribution is -0.119. The molecule has 7 nitrogen and oxygen atoms in total. The molecule has 2 N–H and O–H groups in total. The number of methoxy groups -OCH3 is 1. The molecule has 0 fully saturated rings. The molecule has 0 atom stereocenters. The zero-order chi connectivity index (χ0) is 17.6. The summed E-state index contributed by atoms with van der Waals surface area (Å²) in [7, 11) is 1.60. The van der Waals surface area contributed by atoms with Crippen molar-refractivity contribution in [3.8, 4) is 17.2 Å². The molecule has 1 aliphatic rings. The van der Waals surface area contributed by atoms with Gasteiger partial charge in [0.2, 0.25) is 6.79 Å². The van der Waals surface area contributed by atoms with Gasteiger partial charge in [0.25, 0.3) is 5.91 Å². The minimum absolute atomic E-state index is 0.102. The van der Waals surface area contributed by atoms with Crippen molar-refractivity contribution in [1.82, 2.24) is 5.43 Å². The fourth-order valence-corrected chi connectivity index (χ4v) is 2.29. The summed E-state index contributed by atoms with van der Waals surface area (Å²) >= 11 is 0. The van der Waals surface area contributed by atoms with E-state index in [0.717, 1.165) is 17.0 Å². The number of amides is 1. The highest BCUT2D eigenvalue weighted by Gasteiger charge is 2.14. The summed E-state index contributed by atoms with van der Waals surface area (Å²) in [5.74, 6) is 1.87. The van der Waals surface area contributed by atoms with E-state index in [0.29, 0.717) is 17.2 Å². The molecule has 0 unspecified atom stereocenters. The van der Waals surface area contributed by atoms with Crippen LogP contribution in [0.25, 0.3) is 0 Å². The van der Waals surface area contributed by atoms with Gasteiger partial charge >= 0.3 is 0 Å². The van der Waals surface area contributed by atoms with E-state index in [-0.39, 0.29) is 19.2 Å². The summed E-state index contributed by atoms with van der Waals surface area (Å²) in [5, 5.41) is 7.14. The highest BCUT2D eigenvalue weighted by molar-refractivity contribution is 6.00. The second-order valence-corrected chi connectivity index (χ2v) is 5.39. The van der Waals surface area contributed by atoms with Crippen LogP contribution in [0.2, 0.25) is 0 Å². The van der Waals surface area contributed by atoms with E-state index in [1.807, 2.05) is 49.4 Å². The van der Waals surface area contributed by atoms with Crippen LogP contribution in [0.15, 0.2) is 47.6 Å². The van der Waals surface area contributed by atoms with Gasteiger partial charge in [0, 0.05) is 17.3 Å². The summed E-state index contributed by atoms with van der Waals surface area (Å²) in [5.41, 5.74) is 4.85. The summed E-state index contributed by atoms with van der Waals surface area (Å²) in [6.07, 6.45) is 0. The van der Waals surface area contributed by atoms with Crippen molar-refractivity contribution in [2.45, 2.75) is 6.92 Å². The highest BCUT2D eigenvalue weighted by atomic mass is 16.7. The first-order valence-corrected chi connectivity index (χ1v) is 7.77. The van der Waals surface area contributed by atoms with Crippen molar-refractivity contribution >= 4 is 17.3 Å². The number of rotatable bonds is 6. The van der Waals surface area contributed by atoms with Crippen LogP contribution in [0, 0.1) is 0 Å². The van der Waals surface area contributed by atoms with Crippen LogP contribution in [0.1, 0.15) is 12.5 Å². The first kappa shape index (κ1) is 16.6. The van der Waals surface area contributed by atoms with Crippen LogP contribution >= 0.6 is 0 Å². The van der Waals surface area contributed by atoms with Crippen molar-refractivity contribution in [2.75, 3.05) is 25.8 Å². The number of carbonyl (C=O) groups is 1. The summed E-state index contributed by atoms with van der Waals surface area (Å²) < 4.78 is 15.7. The largest absolute Gasteiger partial charge is 0.497 e. The third kappa shape index (κ3) is 4.20. The number of ether oxygens (including phenoxy) is 3. The van der Waals surface area contributed by atoms with Gasteiger partial charge in [-0.1, -0.05) is 6.07 Å². The van der Waals surface area contributed by atoms with E-state index in [1.165, 1.54) is 0 Å². The molecule has 0 aromatic heterocycles. The van der Waals surface area contributed by atoms with Crippen LogP contribution in [0.5, 0.6) is 17.2 Å². The molecule has 2 aromatic rings. The summed E-state index contributed by atoms with van der Waals surface area (Å²) in [6.45, 7) is 2.14. The number of carbonyl (C=O) groups excluding carboxylic acids is 1. The molecule has 0 spiro atoms. The maximum Gasteiger partial charge on any atom is 0.259 e. The maximum atomic E-state index is 11.9. The molecule has 0 bridgehead atoms. The third-order valence-corrected chi connectivity index (χ3v) is 3.66. The lowest BCUT2D eigenvalue weighted by atomic mass is 10.1. The number of benzene rings is 2. The predicted octanol–water partition coefficient (Wildman–Crippen LogP) is 2.38. The molecule has 25 heavy (non-hydrogen) atoms. The lowest BCUT2D eigenvalue weighted by Gasteiger charge is -2.08. The fourth-order valence-electron chi connectivity index (χ4n) is 2.29. The molecule has 7 heteroatoms. The van der Waals surface area contributed by atoms with Crippen molar-refractivity contribution in [3.63, 3.8) is 0 Å². The average Bonchev–Trinajstić information content (AvgIpc) is 3.12. The van der Waals surface area contributed by atoms with E-state index in [4.69, 9.17) is 14.2 Å². The van der Waals surface area contributed by atoms with Crippen LogP contribution < -0.4 is 25.0 Å². The monoisotopic (exact) mass is 341 g/mol. The number of anilines is 1. The van der Waals surface area contributed by atoms with Gasteiger partial charge in [-0.05, 0) is 37.3 Å². The molecule has 1 amide bonds. The molecular formula is C18H19N3O4. The van der Waals surface area contributed by atoms with Crippen molar-refractivity contribution in [1.29, 1.82) is 0 Å². The molecule has 130 valence electrons. The smallest absolute Gasteiger partial charge is 0.259 e. The first-order valence-electron chi connectivity index (χ1n) is 7.77.